The Morgan fingerprint density at radius 2 is 1.62 bits per heavy atom. The van der Waals surface area contributed by atoms with E-state index in [4.69, 9.17) is 37.9 Å². The topological polar surface area (TPSA) is 135 Å². The lowest BCUT2D eigenvalue weighted by atomic mass is 10.00. The van der Waals surface area contributed by atoms with Crippen molar-refractivity contribution in [2.24, 2.45) is 0 Å². The number of anilines is 1. The minimum Gasteiger partial charge on any atom is -0.392 e. The molecule has 0 radical (unpaired) electrons. The number of hydroxylamine groups is 1. The Hall–Kier alpha value is -2.99. The van der Waals surface area contributed by atoms with Gasteiger partial charge in [-0.1, -0.05) is 66.0 Å². The van der Waals surface area contributed by atoms with E-state index in [1.807, 2.05) is 36.4 Å². The van der Waals surface area contributed by atoms with Crippen LogP contribution in [0.15, 0.2) is 54.9 Å². The van der Waals surface area contributed by atoms with E-state index in [-0.39, 0.29) is 36.3 Å². The number of benzene rings is 2. The molecule has 12 heteroatoms. The number of amides is 2. The van der Waals surface area contributed by atoms with Gasteiger partial charge < -0.3 is 24.5 Å². The summed E-state index contributed by atoms with van der Waals surface area (Å²) in [5.41, 5.74) is 4.82. The highest BCUT2D eigenvalue weighted by Crippen LogP contribution is 2.39. The van der Waals surface area contributed by atoms with Crippen LogP contribution in [-0.4, -0.2) is 37.8 Å². The van der Waals surface area contributed by atoms with Gasteiger partial charge in [0.25, 0.3) is 0 Å². The minimum absolute atomic E-state index is 0.0354. The van der Waals surface area contributed by atoms with E-state index in [1.54, 1.807) is 28.5 Å². The molecular formula is C28H32Cl2N4O6. The molecule has 214 valence electrons. The number of ether oxygens (including phenoxy) is 2. The average Bonchev–Trinajstić information content (AvgIpc) is 3.29. The van der Waals surface area contributed by atoms with E-state index in [0.29, 0.717) is 49.5 Å². The second kappa shape index (κ2) is 14.6. The molecule has 3 aromatic rings. The van der Waals surface area contributed by atoms with Crippen molar-refractivity contribution in [3.05, 3.63) is 81.9 Å². The van der Waals surface area contributed by atoms with E-state index in [0.717, 1.165) is 16.7 Å². The summed E-state index contributed by atoms with van der Waals surface area (Å²) in [5.74, 6) is -0.547. The van der Waals surface area contributed by atoms with Gasteiger partial charge in [0.2, 0.25) is 11.8 Å². The van der Waals surface area contributed by atoms with Gasteiger partial charge in [-0.25, -0.2) is 10.5 Å². The van der Waals surface area contributed by atoms with Crippen LogP contribution in [0.3, 0.4) is 0 Å². The zero-order valence-corrected chi connectivity index (χ0v) is 23.3. The normalized spacial score (nSPS) is 18.9. The van der Waals surface area contributed by atoms with Crippen LogP contribution >= 0.6 is 23.2 Å². The molecule has 4 N–H and O–H groups in total. The van der Waals surface area contributed by atoms with Gasteiger partial charge in [-0.15, -0.1) is 0 Å². The summed E-state index contributed by atoms with van der Waals surface area (Å²) in [5, 5.41) is 21.4. The zero-order chi connectivity index (χ0) is 28.5. The first-order chi connectivity index (χ1) is 19.4. The highest BCUT2D eigenvalue weighted by Gasteiger charge is 2.33. The number of imidazole rings is 1. The molecule has 0 aliphatic carbocycles. The van der Waals surface area contributed by atoms with E-state index in [9.17, 15) is 14.7 Å². The number of aliphatic hydroxyl groups excluding tert-OH is 1. The number of aliphatic hydroxyl groups is 1. The quantitative estimate of drug-likeness (QED) is 0.127. The van der Waals surface area contributed by atoms with Gasteiger partial charge in [-0.3, -0.25) is 14.8 Å². The molecule has 3 atom stereocenters. The average molecular weight is 591 g/mol. The SMILES string of the molecule is O=C(CCCCCC(=O)Nc1ccc(C2OC(Cn3cnc(Cl)c3Cl)CC(c3ccc(CO)cc3)O2)cc1)NO. The lowest BCUT2D eigenvalue weighted by Gasteiger charge is -2.36. The van der Waals surface area contributed by atoms with Crippen molar-refractivity contribution >= 4 is 40.7 Å². The molecule has 0 saturated carbocycles. The first-order valence-corrected chi connectivity index (χ1v) is 13.8. The number of hydrogen-bond donors (Lipinski definition) is 4. The Morgan fingerprint density at radius 1 is 0.950 bits per heavy atom. The summed E-state index contributed by atoms with van der Waals surface area (Å²) >= 11 is 12.3. The fourth-order valence-electron chi connectivity index (χ4n) is 4.47. The Kier molecular flexibility index (Phi) is 10.9. The van der Waals surface area contributed by atoms with E-state index < -0.39 is 12.2 Å². The number of nitrogens with zero attached hydrogens (tertiary/aromatic N) is 2. The molecule has 2 amide bonds. The van der Waals surface area contributed by atoms with Crippen LogP contribution in [0, 0.1) is 0 Å². The number of carbonyl (C=O) groups excluding carboxylic acids is 2. The van der Waals surface area contributed by atoms with E-state index in [1.165, 1.54) is 0 Å². The number of hydrogen-bond acceptors (Lipinski definition) is 7. The first-order valence-electron chi connectivity index (χ1n) is 13.1. The Morgan fingerprint density at radius 3 is 2.25 bits per heavy atom. The number of rotatable bonds is 12. The largest absolute Gasteiger partial charge is 0.392 e. The smallest absolute Gasteiger partial charge is 0.243 e. The molecule has 1 saturated heterocycles. The standard InChI is InChI=1S/C28H32Cl2N4O6/c29-26-27(30)34(17-31-26)15-22-14-23(19-8-6-18(16-35)7-9-19)40-28(39-22)20-10-12-21(13-11-20)32-24(36)4-2-1-3-5-25(37)33-38/h6-13,17,22-23,28,35,38H,1-5,14-16H2,(H,32,36)(H,33,37). The summed E-state index contributed by atoms with van der Waals surface area (Å²) in [6.45, 7) is 0.398. The predicted octanol–water partition coefficient (Wildman–Crippen LogP) is 5.32. The van der Waals surface area contributed by atoms with Crippen molar-refractivity contribution < 1.29 is 29.4 Å². The maximum absolute atomic E-state index is 12.3. The fourth-order valence-corrected chi connectivity index (χ4v) is 4.79. The molecule has 1 fully saturated rings. The molecule has 1 aliphatic rings. The molecule has 0 spiro atoms. The van der Waals surface area contributed by atoms with Crippen molar-refractivity contribution in [3.63, 3.8) is 0 Å². The molecule has 0 bridgehead atoms. The van der Waals surface area contributed by atoms with Gasteiger partial charge in [0.1, 0.15) is 5.15 Å². The molecule has 4 rings (SSSR count). The number of unbranched alkanes of at least 4 members (excludes halogenated alkanes) is 2. The Labute approximate surface area is 242 Å². The lowest BCUT2D eigenvalue weighted by molar-refractivity contribution is -0.252. The fraction of sp³-hybridized carbons (Fsp3) is 0.393. The highest BCUT2D eigenvalue weighted by atomic mass is 35.5. The monoisotopic (exact) mass is 590 g/mol. The third-order valence-electron chi connectivity index (χ3n) is 6.65. The van der Waals surface area contributed by atoms with Gasteiger partial charge in [-0.2, -0.15) is 0 Å². The maximum Gasteiger partial charge on any atom is 0.243 e. The lowest BCUT2D eigenvalue weighted by Crippen LogP contribution is -2.32. The van der Waals surface area contributed by atoms with Crippen LogP contribution in [0.25, 0.3) is 0 Å². The van der Waals surface area contributed by atoms with Gasteiger partial charge in [-0.05, 0) is 36.1 Å². The van der Waals surface area contributed by atoms with Crippen LogP contribution in [-0.2, 0) is 32.2 Å². The summed E-state index contributed by atoms with van der Waals surface area (Å²) in [4.78, 5) is 27.4. The van der Waals surface area contributed by atoms with Crippen LogP contribution in [0.1, 0.15) is 67.6 Å². The molecule has 1 aliphatic heterocycles. The predicted molar refractivity (Wildman–Crippen MR) is 149 cm³/mol. The maximum atomic E-state index is 12.3. The van der Waals surface area contributed by atoms with E-state index in [2.05, 4.69) is 10.3 Å². The molecule has 10 nitrogen and oxygen atoms in total. The molecule has 1 aromatic heterocycles. The summed E-state index contributed by atoms with van der Waals surface area (Å²) in [7, 11) is 0. The molecular weight excluding hydrogens is 559 g/mol. The summed E-state index contributed by atoms with van der Waals surface area (Å²) < 4.78 is 14.4. The van der Waals surface area contributed by atoms with Crippen molar-refractivity contribution in [1.29, 1.82) is 0 Å². The van der Waals surface area contributed by atoms with Crippen LogP contribution in [0.2, 0.25) is 10.3 Å². The number of carbonyl (C=O) groups is 2. The molecule has 2 heterocycles. The van der Waals surface area contributed by atoms with Crippen molar-refractivity contribution in [3.8, 4) is 0 Å². The third kappa shape index (κ3) is 8.26. The summed E-state index contributed by atoms with van der Waals surface area (Å²) in [6, 6.07) is 14.9. The Balaban J connectivity index is 1.39. The molecule has 40 heavy (non-hydrogen) atoms. The molecule has 3 unspecified atom stereocenters. The Bertz CT molecular complexity index is 1270. The second-order valence-corrected chi connectivity index (χ2v) is 10.3. The van der Waals surface area contributed by atoms with Gasteiger partial charge in [0, 0.05) is 30.5 Å². The second-order valence-electron chi connectivity index (χ2n) is 9.59. The van der Waals surface area contributed by atoms with Gasteiger partial charge >= 0.3 is 0 Å². The van der Waals surface area contributed by atoms with Crippen molar-refractivity contribution in [2.75, 3.05) is 5.32 Å². The highest BCUT2D eigenvalue weighted by molar-refractivity contribution is 6.40. The molecule has 2 aromatic carbocycles. The van der Waals surface area contributed by atoms with E-state index >= 15 is 0 Å². The van der Waals surface area contributed by atoms with Crippen LogP contribution < -0.4 is 10.8 Å². The zero-order valence-electron chi connectivity index (χ0n) is 21.8. The van der Waals surface area contributed by atoms with Gasteiger partial charge in [0.05, 0.1) is 31.7 Å². The minimum atomic E-state index is -0.667. The van der Waals surface area contributed by atoms with Crippen molar-refractivity contribution in [1.82, 2.24) is 15.0 Å². The van der Waals surface area contributed by atoms with Gasteiger partial charge in [0.15, 0.2) is 11.4 Å². The van der Waals surface area contributed by atoms with Crippen molar-refractivity contribution in [2.45, 2.75) is 70.2 Å². The van der Waals surface area contributed by atoms with Crippen LogP contribution in [0.5, 0.6) is 0 Å². The third-order valence-corrected chi connectivity index (χ3v) is 7.42. The number of aromatic nitrogens is 2. The summed E-state index contributed by atoms with van der Waals surface area (Å²) in [6.07, 6.45) is 3.46. The van der Waals surface area contributed by atoms with Crippen LogP contribution in [0.4, 0.5) is 5.69 Å². The number of nitrogens with one attached hydrogen (secondary N) is 2. The number of halogens is 2. The first kappa shape index (κ1) is 30.0.